The minimum Gasteiger partial charge on any atom is -0.394 e. The van der Waals surface area contributed by atoms with Crippen LogP contribution in [0.25, 0.3) is 0 Å². The summed E-state index contributed by atoms with van der Waals surface area (Å²) in [7, 11) is 0. The van der Waals surface area contributed by atoms with Gasteiger partial charge in [0.15, 0.2) is 0 Å². The Morgan fingerprint density at radius 2 is 2.29 bits per heavy atom. The molecule has 1 atom stereocenters. The van der Waals surface area contributed by atoms with E-state index in [1.165, 1.54) is 0 Å². The lowest BCUT2D eigenvalue weighted by atomic mass is 10.3. The molecule has 0 aliphatic rings. The van der Waals surface area contributed by atoms with Gasteiger partial charge in [-0.1, -0.05) is 17.7 Å². The van der Waals surface area contributed by atoms with Gasteiger partial charge in [0.25, 0.3) is 0 Å². The van der Waals surface area contributed by atoms with Crippen LogP contribution in [0.2, 0.25) is 5.15 Å². The first-order valence-electron chi connectivity index (χ1n) is 4.32. The van der Waals surface area contributed by atoms with Crippen molar-refractivity contribution in [3.63, 3.8) is 0 Å². The van der Waals surface area contributed by atoms with Crippen LogP contribution in [0.5, 0.6) is 0 Å². The van der Waals surface area contributed by atoms with Crippen molar-refractivity contribution in [3.05, 3.63) is 29.0 Å². The zero-order valence-electron chi connectivity index (χ0n) is 7.65. The molecule has 14 heavy (non-hydrogen) atoms. The first-order chi connectivity index (χ1) is 6.72. The number of nitrogens with one attached hydrogen (secondary N) is 1. The number of aliphatic hydroxyl groups is 2. The number of rotatable bonds is 5. The summed E-state index contributed by atoms with van der Waals surface area (Å²) >= 11 is 5.61. The quantitative estimate of drug-likeness (QED) is 0.615. The minimum absolute atomic E-state index is 0.230. The summed E-state index contributed by atoms with van der Waals surface area (Å²) in [6, 6.07) is 3.56. The monoisotopic (exact) mass is 216 g/mol. The molecule has 1 aromatic rings. The van der Waals surface area contributed by atoms with Gasteiger partial charge < -0.3 is 15.5 Å². The predicted molar refractivity (Wildman–Crippen MR) is 54.0 cm³/mol. The Kier molecular flexibility index (Phi) is 4.82. The number of pyridine rings is 1. The smallest absolute Gasteiger partial charge is 0.129 e. The third kappa shape index (κ3) is 4.02. The maximum absolute atomic E-state index is 9.03. The lowest BCUT2D eigenvalue weighted by Crippen LogP contribution is -2.28. The number of hydrogen-bond acceptors (Lipinski definition) is 4. The van der Waals surface area contributed by atoms with Gasteiger partial charge in [0.1, 0.15) is 5.15 Å². The molecular formula is C9H13ClN2O2. The molecule has 0 fully saturated rings. The highest BCUT2D eigenvalue weighted by molar-refractivity contribution is 6.29. The molecule has 0 bridgehead atoms. The third-order valence-corrected chi connectivity index (χ3v) is 1.93. The van der Waals surface area contributed by atoms with E-state index >= 15 is 0 Å². The van der Waals surface area contributed by atoms with Crippen molar-refractivity contribution in [1.82, 2.24) is 10.3 Å². The molecule has 0 saturated heterocycles. The molecule has 0 amide bonds. The summed E-state index contributed by atoms with van der Waals surface area (Å²) in [6.07, 6.45) is 0.955. The van der Waals surface area contributed by atoms with Gasteiger partial charge in [0, 0.05) is 19.3 Å². The van der Waals surface area contributed by atoms with Crippen LogP contribution in [0.4, 0.5) is 0 Å². The summed E-state index contributed by atoms with van der Waals surface area (Å²) in [4.78, 5) is 3.91. The molecular weight excluding hydrogens is 204 g/mol. The van der Waals surface area contributed by atoms with Crippen molar-refractivity contribution in [2.75, 3.05) is 13.2 Å². The van der Waals surface area contributed by atoms with Gasteiger partial charge in [0.2, 0.25) is 0 Å². The summed E-state index contributed by atoms with van der Waals surface area (Å²) in [5.41, 5.74) is 0.986. The molecule has 0 saturated carbocycles. The summed E-state index contributed by atoms with van der Waals surface area (Å²) in [5, 5.41) is 21.0. The molecule has 0 aromatic carbocycles. The topological polar surface area (TPSA) is 65.4 Å². The molecule has 1 rings (SSSR count). The van der Waals surface area contributed by atoms with E-state index in [1.807, 2.05) is 6.07 Å². The van der Waals surface area contributed by atoms with Gasteiger partial charge in [-0.2, -0.15) is 0 Å². The Bertz CT molecular complexity index is 266. The maximum atomic E-state index is 9.03. The van der Waals surface area contributed by atoms with Gasteiger partial charge in [-0.25, -0.2) is 4.98 Å². The zero-order chi connectivity index (χ0) is 10.4. The Labute approximate surface area is 87.6 Å². The van der Waals surface area contributed by atoms with Gasteiger partial charge in [-0.15, -0.1) is 0 Å². The fourth-order valence-corrected chi connectivity index (χ4v) is 1.07. The molecule has 0 aliphatic heterocycles. The van der Waals surface area contributed by atoms with Crippen LogP contribution in [0.3, 0.4) is 0 Å². The molecule has 0 aliphatic carbocycles. The highest BCUT2D eigenvalue weighted by Crippen LogP contribution is 2.04. The van der Waals surface area contributed by atoms with Crippen LogP contribution in [0.1, 0.15) is 5.56 Å². The fraction of sp³-hybridized carbons (Fsp3) is 0.444. The minimum atomic E-state index is -0.713. The normalized spacial score (nSPS) is 12.8. The van der Waals surface area contributed by atoms with E-state index in [1.54, 1.807) is 12.3 Å². The SMILES string of the molecule is OC[C@H](O)CNCc1ccc(Cl)nc1. The van der Waals surface area contributed by atoms with E-state index in [2.05, 4.69) is 10.3 Å². The van der Waals surface area contributed by atoms with Crippen molar-refractivity contribution < 1.29 is 10.2 Å². The summed E-state index contributed by atoms with van der Waals surface area (Å²) < 4.78 is 0. The molecule has 0 unspecified atom stereocenters. The number of hydrogen-bond donors (Lipinski definition) is 3. The van der Waals surface area contributed by atoms with Crippen LogP contribution >= 0.6 is 11.6 Å². The number of halogens is 1. The highest BCUT2D eigenvalue weighted by atomic mass is 35.5. The Hall–Kier alpha value is -0.680. The Balaban J connectivity index is 2.28. The van der Waals surface area contributed by atoms with Crippen molar-refractivity contribution in [1.29, 1.82) is 0 Å². The Morgan fingerprint density at radius 1 is 1.50 bits per heavy atom. The average molecular weight is 217 g/mol. The van der Waals surface area contributed by atoms with Gasteiger partial charge in [-0.3, -0.25) is 0 Å². The summed E-state index contributed by atoms with van der Waals surface area (Å²) in [5.74, 6) is 0. The molecule has 5 heteroatoms. The van der Waals surface area contributed by atoms with Crippen molar-refractivity contribution in [3.8, 4) is 0 Å². The fourth-order valence-electron chi connectivity index (χ4n) is 0.959. The summed E-state index contributed by atoms with van der Waals surface area (Å²) in [6.45, 7) is 0.728. The van der Waals surface area contributed by atoms with Crippen LogP contribution in [0.15, 0.2) is 18.3 Å². The van der Waals surface area contributed by atoms with Gasteiger partial charge in [0.05, 0.1) is 12.7 Å². The number of aromatic nitrogens is 1. The van der Waals surface area contributed by atoms with E-state index in [-0.39, 0.29) is 6.61 Å². The lowest BCUT2D eigenvalue weighted by molar-refractivity contribution is 0.0942. The van der Waals surface area contributed by atoms with Crippen LogP contribution in [0, 0.1) is 0 Å². The van der Waals surface area contributed by atoms with Crippen LogP contribution < -0.4 is 5.32 Å². The third-order valence-electron chi connectivity index (χ3n) is 1.71. The number of aliphatic hydroxyl groups excluding tert-OH is 2. The van der Waals surface area contributed by atoms with Crippen LogP contribution in [-0.4, -0.2) is 34.5 Å². The van der Waals surface area contributed by atoms with Gasteiger partial charge >= 0.3 is 0 Å². The molecule has 0 radical (unpaired) electrons. The van der Waals surface area contributed by atoms with E-state index in [0.717, 1.165) is 5.56 Å². The second kappa shape index (κ2) is 5.93. The standard InChI is InChI=1S/C9H13ClN2O2/c10-9-2-1-7(4-12-9)3-11-5-8(14)6-13/h1-2,4,8,11,13-14H,3,5-6H2/t8-/m1/s1. The van der Waals surface area contributed by atoms with Crippen molar-refractivity contribution in [2.24, 2.45) is 0 Å². The molecule has 0 spiro atoms. The van der Waals surface area contributed by atoms with Crippen molar-refractivity contribution >= 4 is 11.6 Å². The first kappa shape index (κ1) is 11.4. The predicted octanol–water partition coefficient (Wildman–Crippen LogP) is 0.178. The molecule has 3 N–H and O–H groups in total. The van der Waals surface area contributed by atoms with Crippen molar-refractivity contribution in [2.45, 2.75) is 12.6 Å². The van der Waals surface area contributed by atoms with E-state index < -0.39 is 6.10 Å². The van der Waals surface area contributed by atoms with E-state index in [9.17, 15) is 0 Å². The second-order valence-electron chi connectivity index (χ2n) is 2.96. The zero-order valence-corrected chi connectivity index (χ0v) is 8.41. The lowest BCUT2D eigenvalue weighted by Gasteiger charge is -2.08. The highest BCUT2D eigenvalue weighted by Gasteiger charge is 2.00. The number of nitrogens with zero attached hydrogens (tertiary/aromatic N) is 1. The van der Waals surface area contributed by atoms with E-state index in [4.69, 9.17) is 21.8 Å². The molecule has 4 nitrogen and oxygen atoms in total. The second-order valence-corrected chi connectivity index (χ2v) is 3.34. The van der Waals surface area contributed by atoms with Crippen LogP contribution in [-0.2, 0) is 6.54 Å². The average Bonchev–Trinajstić information content (AvgIpc) is 2.21. The molecule has 1 aromatic heterocycles. The molecule has 1 heterocycles. The first-order valence-corrected chi connectivity index (χ1v) is 4.70. The van der Waals surface area contributed by atoms with Gasteiger partial charge in [-0.05, 0) is 11.6 Å². The largest absolute Gasteiger partial charge is 0.394 e. The maximum Gasteiger partial charge on any atom is 0.129 e. The Morgan fingerprint density at radius 3 is 2.86 bits per heavy atom. The molecule has 78 valence electrons. The van der Waals surface area contributed by atoms with E-state index in [0.29, 0.717) is 18.2 Å².